The van der Waals surface area contributed by atoms with Crippen LogP contribution in [0, 0.1) is 5.92 Å². The molecule has 7 heteroatoms. The maximum Gasteiger partial charge on any atom is 0.304 e. The van der Waals surface area contributed by atoms with E-state index in [1.165, 1.54) is 12.1 Å². The van der Waals surface area contributed by atoms with Crippen molar-refractivity contribution in [3.8, 4) is 11.3 Å². The van der Waals surface area contributed by atoms with Crippen molar-refractivity contribution >= 4 is 10.9 Å². The van der Waals surface area contributed by atoms with Crippen LogP contribution in [0.4, 0.5) is 0 Å². The van der Waals surface area contributed by atoms with E-state index in [2.05, 4.69) is 18.8 Å². The SMILES string of the molecule is CC(C)Cc1cccc2nc(-c3cc(C(O)(O)O)cc(C(O)(O)O)c3)ccc12. The van der Waals surface area contributed by atoms with Crippen molar-refractivity contribution < 1.29 is 30.6 Å². The van der Waals surface area contributed by atoms with Gasteiger partial charge >= 0.3 is 11.9 Å². The van der Waals surface area contributed by atoms with Crippen LogP contribution in [0.25, 0.3) is 22.2 Å². The second-order valence-corrected chi connectivity index (χ2v) is 7.35. The molecule has 0 fully saturated rings. The fourth-order valence-corrected chi connectivity index (χ4v) is 3.16. The lowest BCUT2D eigenvalue weighted by molar-refractivity contribution is -0.327. The maximum absolute atomic E-state index is 9.49. The third-order valence-corrected chi connectivity index (χ3v) is 4.45. The van der Waals surface area contributed by atoms with Crippen molar-refractivity contribution in [2.75, 3.05) is 0 Å². The Morgan fingerprint density at radius 2 is 1.43 bits per heavy atom. The van der Waals surface area contributed by atoms with Crippen LogP contribution in [0.15, 0.2) is 48.5 Å². The van der Waals surface area contributed by atoms with E-state index < -0.39 is 23.1 Å². The van der Waals surface area contributed by atoms with Gasteiger partial charge < -0.3 is 30.6 Å². The molecule has 3 aromatic rings. The van der Waals surface area contributed by atoms with Crippen molar-refractivity contribution in [3.63, 3.8) is 0 Å². The third-order valence-electron chi connectivity index (χ3n) is 4.45. The minimum atomic E-state index is -3.22. The highest BCUT2D eigenvalue weighted by molar-refractivity contribution is 5.84. The van der Waals surface area contributed by atoms with Gasteiger partial charge in [0.25, 0.3) is 0 Å². The first-order chi connectivity index (χ1) is 12.9. The van der Waals surface area contributed by atoms with Gasteiger partial charge in [0.1, 0.15) is 0 Å². The standard InChI is InChI=1S/C21H23NO6/c1-12(2)8-13-4-3-5-19-17(13)6-7-18(22-19)14-9-15(20(23,24)25)11-16(10-14)21(26,27)28/h3-7,9-12,23-28H,8H2,1-2H3. The van der Waals surface area contributed by atoms with Gasteiger partial charge in [-0.1, -0.05) is 32.0 Å². The van der Waals surface area contributed by atoms with E-state index in [4.69, 9.17) is 0 Å². The molecule has 148 valence electrons. The second-order valence-electron chi connectivity index (χ2n) is 7.35. The summed E-state index contributed by atoms with van der Waals surface area (Å²) >= 11 is 0. The molecule has 0 aliphatic rings. The molecule has 0 amide bonds. The van der Waals surface area contributed by atoms with Gasteiger partial charge in [-0.25, -0.2) is 4.98 Å². The van der Waals surface area contributed by atoms with Gasteiger partial charge in [0.05, 0.1) is 11.2 Å². The summed E-state index contributed by atoms with van der Waals surface area (Å²) in [7, 11) is 0. The summed E-state index contributed by atoms with van der Waals surface area (Å²) in [5.41, 5.74) is 1.63. The van der Waals surface area contributed by atoms with Gasteiger partial charge in [-0.05, 0) is 48.2 Å². The molecule has 0 saturated heterocycles. The predicted octanol–water partition coefficient (Wildman–Crippen LogP) is 1.27. The average molecular weight is 385 g/mol. The fourth-order valence-electron chi connectivity index (χ4n) is 3.16. The van der Waals surface area contributed by atoms with E-state index in [-0.39, 0.29) is 5.56 Å². The zero-order valence-corrected chi connectivity index (χ0v) is 15.5. The second kappa shape index (κ2) is 7.21. The van der Waals surface area contributed by atoms with E-state index >= 15 is 0 Å². The molecule has 0 radical (unpaired) electrons. The van der Waals surface area contributed by atoms with Crippen LogP contribution in [-0.2, 0) is 18.4 Å². The smallest absolute Gasteiger partial charge is 0.304 e. The lowest BCUT2D eigenvalue weighted by Gasteiger charge is -2.21. The van der Waals surface area contributed by atoms with Crippen LogP contribution in [0.5, 0.6) is 0 Å². The van der Waals surface area contributed by atoms with Crippen molar-refractivity contribution in [2.24, 2.45) is 5.92 Å². The Morgan fingerprint density at radius 3 is 1.96 bits per heavy atom. The minimum absolute atomic E-state index is 0.256. The molecule has 0 aliphatic carbocycles. The number of benzene rings is 2. The predicted molar refractivity (Wildman–Crippen MR) is 102 cm³/mol. The maximum atomic E-state index is 9.49. The molecule has 6 N–H and O–H groups in total. The molecule has 0 bridgehead atoms. The first kappa shape index (κ1) is 20.3. The van der Waals surface area contributed by atoms with Crippen LogP contribution in [-0.4, -0.2) is 35.6 Å². The monoisotopic (exact) mass is 385 g/mol. The number of hydrogen-bond acceptors (Lipinski definition) is 7. The fraction of sp³-hybridized carbons (Fsp3) is 0.286. The summed E-state index contributed by atoms with van der Waals surface area (Å²) in [5.74, 6) is -5.97. The molecule has 2 aromatic carbocycles. The van der Waals surface area contributed by atoms with Gasteiger partial charge in [-0.3, -0.25) is 0 Å². The van der Waals surface area contributed by atoms with Crippen molar-refractivity contribution in [1.82, 2.24) is 4.98 Å². The molecule has 1 aromatic heterocycles. The Morgan fingerprint density at radius 1 is 0.821 bits per heavy atom. The number of hydrogen-bond donors (Lipinski definition) is 6. The zero-order valence-electron chi connectivity index (χ0n) is 15.5. The first-order valence-electron chi connectivity index (χ1n) is 8.84. The Kier molecular flexibility index (Phi) is 5.24. The van der Waals surface area contributed by atoms with Crippen molar-refractivity contribution in [2.45, 2.75) is 32.2 Å². The van der Waals surface area contributed by atoms with Crippen molar-refractivity contribution in [3.05, 3.63) is 65.2 Å². The molecule has 3 rings (SSSR count). The highest BCUT2D eigenvalue weighted by Gasteiger charge is 2.29. The normalized spacial score (nSPS) is 12.8. The van der Waals surface area contributed by atoms with Crippen LogP contribution < -0.4 is 0 Å². The highest BCUT2D eigenvalue weighted by atomic mass is 16.7. The Labute approximate surface area is 161 Å². The minimum Gasteiger partial charge on any atom is -0.340 e. The Bertz CT molecular complexity index is 970. The topological polar surface area (TPSA) is 134 Å². The Hall–Kier alpha value is -2.39. The summed E-state index contributed by atoms with van der Waals surface area (Å²) in [5, 5.41) is 57.9. The molecule has 1 heterocycles. The number of rotatable bonds is 5. The van der Waals surface area contributed by atoms with Gasteiger partial charge in [-0.15, -0.1) is 0 Å². The summed E-state index contributed by atoms with van der Waals surface area (Å²) in [4.78, 5) is 4.57. The van der Waals surface area contributed by atoms with E-state index in [9.17, 15) is 30.6 Å². The van der Waals surface area contributed by atoms with Gasteiger partial charge in [0.2, 0.25) is 0 Å². The highest BCUT2D eigenvalue weighted by Crippen LogP contribution is 2.30. The molecule has 0 atom stereocenters. The molecular formula is C21H23NO6. The van der Waals surface area contributed by atoms with E-state index in [1.54, 1.807) is 6.07 Å². The molecule has 0 saturated carbocycles. The zero-order chi connectivity index (χ0) is 20.7. The third kappa shape index (κ3) is 4.36. The molecule has 0 unspecified atom stereocenters. The lowest BCUT2D eigenvalue weighted by atomic mass is 9.97. The van der Waals surface area contributed by atoms with E-state index in [1.807, 2.05) is 24.3 Å². The molecule has 7 nitrogen and oxygen atoms in total. The Balaban J connectivity index is 2.16. The number of fused-ring (bicyclic) bond motifs is 1. The molecule has 28 heavy (non-hydrogen) atoms. The summed E-state index contributed by atoms with van der Waals surface area (Å²) < 4.78 is 0. The molecule has 0 aliphatic heterocycles. The van der Waals surface area contributed by atoms with E-state index in [0.717, 1.165) is 23.4 Å². The number of aromatic nitrogens is 1. The van der Waals surface area contributed by atoms with Gasteiger partial charge in [-0.2, -0.15) is 0 Å². The molecular weight excluding hydrogens is 362 g/mol. The van der Waals surface area contributed by atoms with Gasteiger partial charge in [0, 0.05) is 22.1 Å². The average Bonchev–Trinajstić information content (AvgIpc) is 2.59. The van der Waals surface area contributed by atoms with Crippen LogP contribution in [0.2, 0.25) is 0 Å². The van der Waals surface area contributed by atoms with Crippen LogP contribution in [0.3, 0.4) is 0 Å². The summed E-state index contributed by atoms with van der Waals surface area (Å²) in [6, 6.07) is 12.7. The van der Waals surface area contributed by atoms with Crippen molar-refractivity contribution in [1.29, 1.82) is 0 Å². The first-order valence-corrected chi connectivity index (χ1v) is 8.84. The summed E-state index contributed by atoms with van der Waals surface area (Å²) in [6.45, 7) is 4.26. The van der Waals surface area contributed by atoms with Crippen LogP contribution in [0.1, 0.15) is 30.5 Å². The lowest BCUT2D eigenvalue weighted by Crippen LogP contribution is -2.28. The number of pyridine rings is 1. The van der Waals surface area contributed by atoms with Crippen LogP contribution >= 0.6 is 0 Å². The molecule has 0 spiro atoms. The number of aliphatic hydroxyl groups is 6. The van der Waals surface area contributed by atoms with E-state index in [0.29, 0.717) is 17.1 Å². The summed E-state index contributed by atoms with van der Waals surface area (Å²) in [6.07, 6.45) is 0.891. The number of nitrogens with zero attached hydrogens (tertiary/aromatic N) is 1. The van der Waals surface area contributed by atoms with Gasteiger partial charge in [0.15, 0.2) is 0 Å². The quantitative estimate of drug-likeness (QED) is 0.364. The largest absolute Gasteiger partial charge is 0.340 e.